The van der Waals surface area contributed by atoms with Gasteiger partial charge in [-0.3, -0.25) is 33.3 Å². The molecule has 0 saturated heterocycles. The summed E-state index contributed by atoms with van der Waals surface area (Å²) >= 11 is 0. The normalized spacial score (nSPS) is 15.1. The molecule has 23 heteroatoms. The minimum atomic E-state index is -5.13. The summed E-state index contributed by atoms with van der Waals surface area (Å²) in [7, 11) is -5.13. The molecule has 1 aromatic carbocycles. The minimum Gasteiger partial charge on any atom is -0.396 e. The lowest BCUT2D eigenvalue weighted by molar-refractivity contribution is -0.144. The van der Waals surface area contributed by atoms with Gasteiger partial charge in [-0.1, -0.05) is 44.2 Å². The summed E-state index contributed by atoms with van der Waals surface area (Å²) in [5, 5.41) is 29.3. The van der Waals surface area contributed by atoms with Crippen molar-refractivity contribution in [1.82, 2.24) is 36.1 Å². The molecule has 1 aromatic heterocycles. The lowest BCUT2D eigenvalue weighted by Crippen LogP contribution is -2.61. The summed E-state index contributed by atoms with van der Waals surface area (Å²) in [6.07, 6.45) is 3.28. The third-order valence-corrected chi connectivity index (χ3v) is 11.0. The number of phosphoric ester groups is 1. The molecule has 66 heavy (non-hydrogen) atoms. The Hall–Kier alpha value is -4.80. The molecule has 372 valence electrons. The highest BCUT2D eigenvalue weighted by Gasteiger charge is 2.36. The number of aromatic amines is 1. The maximum atomic E-state index is 14.1. The topological polar surface area (TPSA) is 334 Å². The van der Waals surface area contributed by atoms with Crippen molar-refractivity contribution in [1.29, 1.82) is 0 Å². The smallest absolute Gasteiger partial charge is 0.396 e. The van der Waals surface area contributed by atoms with Gasteiger partial charge >= 0.3 is 7.82 Å². The van der Waals surface area contributed by atoms with Crippen LogP contribution in [0.4, 0.5) is 0 Å². The number of hydrogen-bond acceptors (Lipinski definition) is 13. The van der Waals surface area contributed by atoms with Gasteiger partial charge in [0.05, 0.1) is 43.8 Å². The first kappa shape index (κ1) is 57.3. The van der Waals surface area contributed by atoms with Gasteiger partial charge in [0.15, 0.2) is 0 Å². The van der Waals surface area contributed by atoms with E-state index < -0.39 is 97.9 Å². The molecule has 7 atom stereocenters. The van der Waals surface area contributed by atoms with Crippen LogP contribution in [-0.4, -0.2) is 151 Å². The lowest BCUT2D eigenvalue weighted by atomic mass is 10.0. The number of primary amides is 1. The van der Waals surface area contributed by atoms with Crippen molar-refractivity contribution in [2.45, 2.75) is 141 Å². The predicted octanol–water partition coefficient (Wildman–Crippen LogP) is 0.126. The molecule has 6 amide bonds. The number of H-pyrrole nitrogens is 1. The summed E-state index contributed by atoms with van der Waals surface area (Å²) in [6.45, 7) is 10.9. The largest absolute Gasteiger partial charge is 0.469 e. The van der Waals surface area contributed by atoms with Crippen LogP contribution in [0.2, 0.25) is 0 Å². The van der Waals surface area contributed by atoms with Gasteiger partial charge in [-0.15, -0.1) is 0 Å². The van der Waals surface area contributed by atoms with Crippen LogP contribution in [0, 0.1) is 5.92 Å². The summed E-state index contributed by atoms with van der Waals surface area (Å²) in [6, 6.07) is 2.69. The average molecular weight is 955 g/mol. The van der Waals surface area contributed by atoms with Gasteiger partial charge in [0.1, 0.15) is 30.2 Å². The number of hydrogen-bond donors (Lipinski definition) is 10. The van der Waals surface area contributed by atoms with Crippen molar-refractivity contribution in [2.75, 3.05) is 33.0 Å². The molecule has 0 bridgehead atoms. The van der Waals surface area contributed by atoms with E-state index in [2.05, 4.69) is 47.9 Å². The molecule has 2 rings (SSSR count). The monoisotopic (exact) mass is 954 g/mol. The number of amides is 6. The Morgan fingerprint density at radius 3 is 2.06 bits per heavy atom. The Labute approximate surface area is 386 Å². The fourth-order valence-electron chi connectivity index (χ4n) is 6.72. The number of nitrogens with zero attached hydrogens (tertiary/aromatic N) is 2. The number of aliphatic hydroxyl groups excluding tert-OH is 2. The predicted molar refractivity (Wildman–Crippen MR) is 241 cm³/mol. The molecule has 0 aliphatic carbocycles. The quantitative estimate of drug-likeness (QED) is 0.0344. The fourth-order valence-corrected chi connectivity index (χ4v) is 7.27. The Balaban J connectivity index is 2.28. The second-order valence-corrected chi connectivity index (χ2v) is 18.3. The Morgan fingerprint density at radius 2 is 1.48 bits per heavy atom. The molecule has 1 heterocycles. The maximum absolute atomic E-state index is 14.1. The first-order chi connectivity index (χ1) is 31.0. The molecule has 0 spiro atoms. The molecule has 22 nitrogen and oxygen atoms in total. The maximum Gasteiger partial charge on any atom is 0.469 e. The van der Waals surface area contributed by atoms with Crippen molar-refractivity contribution in [3.05, 3.63) is 54.1 Å². The van der Waals surface area contributed by atoms with Crippen LogP contribution in [0.15, 0.2) is 42.9 Å². The van der Waals surface area contributed by atoms with Gasteiger partial charge in [-0.05, 0) is 78.2 Å². The number of imidazole rings is 1. The van der Waals surface area contributed by atoms with Gasteiger partial charge in [0.2, 0.25) is 35.4 Å². The minimum absolute atomic E-state index is 0.0121. The van der Waals surface area contributed by atoms with Crippen LogP contribution >= 0.6 is 7.82 Å². The number of phosphoric acid groups is 1. The fraction of sp³-hybridized carbons (Fsp3) is 0.651. The number of aromatic nitrogens is 2. The molecule has 0 aliphatic rings. The van der Waals surface area contributed by atoms with E-state index >= 15 is 0 Å². The van der Waals surface area contributed by atoms with Crippen molar-refractivity contribution in [2.24, 2.45) is 11.7 Å². The van der Waals surface area contributed by atoms with E-state index in [4.69, 9.17) is 25.0 Å². The van der Waals surface area contributed by atoms with E-state index in [0.717, 1.165) is 26.2 Å². The number of nitrogens with one attached hydrogen (secondary N) is 5. The van der Waals surface area contributed by atoms with Gasteiger partial charge in [0.25, 0.3) is 0 Å². The number of carbonyl (C=O) groups excluding carboxylic acids is 6. The van der Waals surface area contributed by atoms with Crippen molar-refractivity contribution >= 4 is 43.3 Å². The van der Waals surface area contributed by atoms with E-state index in [9.17, 15) is 43.5 Å². The highest BCUT2D eigenvalue weighted by molar-refractivity contribution is 7.46. The van der Waals surface area contributed by atoms with Gasteiger partial charge in [-0.25, -0.2) is 9.55 Å². The third-order valence-electron chi connectivity index (χ3n) is 10.4. The number of benzene rings is 1. The summed E-state index contributed by atoms with van der Waals surface area (Å²) in [5.41, 5.74) is 6.21. The number of nitrogens with two attached hydrogens (primary N) is 1. The highest BCUT2D eigenvalue weighted by Crippen LogP contribution is 2.38. The van der Waals surface area contributed by atoms with Gasteiger partial charge < -0.3 is 66.4 Å². The van der Waals surface area contributed by atoms with E-state index in [1.165, 1.54) is 29.9 Å². The molecule has 0 aliphatic heterocycles. The van der Waals surface area contributed by atoms with E-state index in [1.807, 2.05) is 32.0 Å². The van der Waals surface area contributed by atoms with Crippen molar-refractivity contribution in [3.8, 4) is 0 Å². The number of unbranched alkanes of at least 4 members (excludes halogenated alkanes) is 1. The Morgan fingerprint density at radius 1 is 0.864 bits per heavy atom. The number of ether oxygens (including phenoxy) is 2. The first-order valence-electron chi connectivity index (χ1n) is 22.0. The van der Waals surface area contributed by atoms with Crippen molar-refractivity contribution in [3.63, 3.8) is 0 Å². The van der Waals surface area contributed by atoms with Crippen LogP contribution in [0.1, 0.15) is 91.8 Å². The summed E-state index contributed by atoms with van der Waals surface area (Å²) in [4.78, 5) is 107. The number of rotatable bonds is 32. The number of aryl methyl sites for hydroxylation is 1. The molecule has 0 saturated carbocycles. The zero-order valence-electron chi connectivity index (χ0n) is 38.9. The van der Waals surface area contributed by atoms with Crippen LogP contribution < -0.4 is 27.0 Å². The van der Waals surface area contributed by atoms with E-state index in [1.54, 1.807) is 20.8 Å². The number of aliphatic hydroxyl groups is 2. The second-order valence-electron chi connectivity index (χ2n) is 17.1. The first-order valence-corrected chi connectivity index (χ1v) is 23.5. The van der Waals surface area contributed by atoms with Crippen molar-refractivity contribution < 1.29 is 67.3 Å². The van der Waals surface area contributed by atoms with Gasteiger partial charge in [0, 0.05) is 38.1 Å². The molecule has 11 N–H and O–H groups in total. The SMILES string of the molecule is CC(C)C[C@H](NC(=O)[C@H](C)N(C[C@H](C)OCCCCc1ccccc1)C(=O)CCOC(C)(C)CCO)C(=O)N[C@@H](Cc1cnc[nH]1)C(=O)N[C@@H](CO)C(=O)N[C@H](C(N)=O)C(C)OP(=O)(O)O. The Kier molecular flexibility index (Phi) is 24.7. The molecule has 0 fully saturated rings. The Bertz CT molecular complexity index is 1870. The number of carbonyl (C=O) groups is 6. The second kappa shape index (κ2) is 28.4. The molecule has 1 unspecified atom stereocenters. The lowest BCUT2D eigenvalue weighted by Gasteiger charge is -2.33. The highest BCUT2D eigenvalue weighted by atomic mass is 31.2. The van der Waals surface area contributed by atoms with E-state index in [0.29, 0.717) is 18.7 Å². The average Bonchev–Trinajstić information content (AvgIpc) is 3.75. The van der Waals surface area contributed by atoms with Gasteiger partial charge in [-0.2, -0.15) is 0 Å². The van der Waals surface area contributed by atoms with Crippen LogP contribution in [0.25, 0.3) is 0 Å². The van der Waals surface area contributed by atoms with Crippen LogP contribution in [0.3, 0.4) is 0 Å². The van der Waals surface area contributed by atoms with Crippen LogP contribution in [-0.2, 0) is 60.2 Å². The molecular weight excluding hydrogens is 883 g/mol. The molecular formula is C43H71N8O14P. The molecule has 2 aromatic rings. The summed E-state index contributed by atoms with van der Waals surface area (Å²) < 4.78 is 27.8. The van der Waals surface area contributed by atoms with Crippen LogP contribution in [0.5, 0.6) is 0 Å². The summed E-state index contributed by atoms with van der Waals surface area (Å²) in [5.74, 6) is -5.45. The zero-order chi connectivity index (χ0) is 49.6. The standard InChI is InChI=1S/C43H71N8O14P/c1-27(2)21-33(40(57)48-34(22-32-23-45-26-46-32)41(58)49-35(25-53)42(59)50-37(38(44)55)30(5)65-66(60,61)62)47-39(56)29(4)51(36(54)16-20-64-43(6,7)17-18-52)24-28(3)63-19-12-11-15-31-13-9-8-10-14-31/h8-10,13-14,23,26-30,33-35,37,52-53H,11-12,15-22,24-25H2,1-7H3,(H2,44,55)(H,45,46)(H,47,56)(H,48,57)(H,49,58)(H,50,59)(H2,60,61,62)/t28-,29-,30?,33-,34-,35-,37-/m0/s1. The zero-order valence-corrected chi connectivity index (χ0v) is 39.8. The molecule has 0 radical (unpaired) electrons. The van der Waals surface area contributed by atoms with E-state index in [-0.39, 0.29) is 44.9 Å². The third kappa shape index (κ3) is 21.7.